The molecule has 1 N–H and O–H groups in total. The Labute approximate surface area is 106 Å². The molecule has 0 atom stereocenters. The van der Waals surface area contributed by atoms with Gasteiger partial charge in [0.2, 0.25) is 0 Å². The van der Waals surface area contributed by atoms with Gasteiger partial charge in [0, 0.05) is 18.6 Å². The molecule has 1 fully saturated rings. The lowest BCUT2D eigenvalue weighted by molar-refractivity contribution is 0.223. The lowest BCUT2D eigenvalue weighted by atomic mass is 9.87. The quantitative estimate of drug-likeness (QED) is 0.845. The van der Waals surface area contributed by atoms with Gasteiger partial charge in [0.05, 0.1) is 0 Å². The van der Waals surface area contributed by atoms with Crippen molar-refractivity contribution in [3.05, 3.63) is 0 Å². The molecule has 0 unspecified atom stereocenters. The van der Waals surface area contributed by atoms with Crippen LogP contribution in [0.2, 0.25) is 0 Å². The second-order valence-electron chi connectivity index (χ2n) is 6.34. The minimum absolute atomic E-state index is 0.409. The van der Waals surface area contributed by atoms with Crippen LogP contribution in [0.15, 0.2) is 0 Å². The predicted molar refractivity (Wildman–Crippen MR) is 70.9 cm³/mol. The number of hydrogen-bond acceptors (Lipinski definition) is 2. The molecule has 0 amide bonds. The molecule has 0 spiro atoms. The highest BCUT2D eigenvalue weighted by Crippen LogP contribution is 2.25. The second-order valence-corrected chi connectivity index (χ2v) is 8.01. The maximum absolute atomic E-state index is 12.1. The van der Waals surface area contributed by atoms with Crippen molar-refractivity contribution in [2.45, 2.75) is 53.0 Å². The van der Waals surface area contributed by atoms with Crippen LogP contribution in [0.4, 0.5) is 0 Å². The van der Waals surface area contributed by atoms with Gasteiger partial charge in [-0.25, -0.2) is 0 Å². The van der Waals surface area contributed by atoms with E-state index in [9.17, 15) is 8.42 Å². The summed E-state index contributed by atoms with van der Waals surface area (Å²) in [4.78, 5) is 0. The Balaban J connectivity index is 2.59. The third kappa shape index (κ3) is 4.56. The molecular weight excluding hydrogens is 236 g/mol. The average Bonchev–Trinajstić information content (AvgIpc) is 2.14. The van der Waals surface area contributed by atoms with Crippen molar-refractivity contribution in [2.24, 2.45) is 11.8 Å². The molecule has 17 heavy (non-hydrogen) atoms. The molecule has 0 saturated carbocycles. The topological polar surface area (TPSA) is 49.4 Å². The Bertz CT molecular complexity index is 336. The molecule has 0 radical (unpaired) electrons. The van der Waals surface area contributed by atoms with Crippen LogP contribution in [0, 0.1) is 11.8 Å². The predicted octanol–water partition coefficient (Wildman–Crippen LogP) is 1.99. The molecule has 0 aromatic rings. The summed E-state index contributed by atoms with van der Waals surface area (Å²) in [5.74, 6) is 1.31. The molecule has 4 nitrogen and oxygen atoms in total. The van der Waals surface area contributed by atoms with Crippen molar-refractivity contribution in [1.29, 1.82) is 0 Å². The Kier molecular flexibility index (Phi) is 4.60. The van der Waals surface area contributed by atoms with Gasteiger partial charge in [-0.05, 0) is 45.4 Å². The van der Waals surface area contributed by atoms with Gasteiger partial charge < -0.3 is 0 Å². The zero-order chi connectivity index (χ0) is 13.3. The summed E-state index contributed by atoms with van der Waals surface area (Å²) in [5, 5.41) is 0. The maximum Gasteiger partial charge on any atom is 0.279 e. The van der Waals surface area contributed by atoms with E-state index < -0.39 is 15.7 Å². The average molecular weight is 262 g/mol. The van der Waals surface area contributed by atoms with Crippen LogP contribution in [-0.4, -0.2) is 31.4 Å². The van der Waals surface area contributed by atoms with Gasteiger partial charge in [-0.1, -0.05) is 13.8 Å². The number of rotatable bonds is 3. The minimum atomic E-state index is -3.31. The van der Waals surface area contributed by atoms with Crippen LogP contribution in [0.3, 0.4) is 0 Å². The van der Waals surface area contributed by atoms with Crippen LogP contribution < -0.4 is 4.72 Å². The van der Waals surface area contributed by atoms with Gasteiger partial charge in [-0.15, -0.1) is 0 Å². The zero-order valence-corrected chi connectivity index (χ0v) is 12.5. The van der Waals surface area contributed by atoms with E-state index in [0.29, 0.717) is 24.9 Å². The largest absolute Gasteiger partial charge is 0.279 e. The van der Waals surface area contributed by atoms with Crippen LogP contribution >= 0.6 is 0 Å². The third-order valence-electron chi connectivity index (χ3n) is 3.22. The Morgan fingerprint density at radius 3 is 2.00 bits per heavy atom. The van der Waals surface area contributed by atoms with Crippen molar-refractivity contribution in [3.63, 3.8) is 0 Å². The van der Waals surface area contributed by atoms with E-state index >= 15 is 0 Å². The molecule has 1 saturated heterocycles. The van der Waals surface area contributed by atoms with Crippen molar-refractivity contribution < 1.29 is 8.42 Å². The van der Waals surface area contributed by atoms with E-state index in [-0.39, 0.29) is 0 Å². The monoisotopic (exact) mass is 262 g/mol. The van der Waals surface area contributed by atoms with Gasteiger partial charge in [0.15, 0.2) is 0 Å². The van der Waals surface area contributed by atoms with E-state index in [1.54, 1.807) is 4.31 Å². The third-order valence-corrected chi connectivity index (χ3v) is 5.13. The lowest BCUT2D eigenvalue weighted by Gasteiger charge is -2.34. The first kappa shape index (κ1) is 14.9. The van der Waals surface area contributed by atoms with Gasteiger partial charge in [-0.2, -0.15) is 17.4 Å². The number of nitrogens with zero attached hydrogens (tertiary/aromatic N) is 1. The summed E-state index contributed by atoms with van der Waals surface area (Å²) in [6.45, 7) is 11.3. The normalized spacial score (nSPS) is 21.1. The van der Waals surface area contributed by atoms with Crippen LogP contribution in [0.5, 0.6) is 0 Å². The van der Waals surface area contributed by atoms with Crippen LogP contribution in [0.1, 0.15) is 47.5 Å². The van der Waals surface area contributed by atoms with E-state index in [4.69, 9.17) is 0 Å². The van der Waals surface area contributed by atoms with Gasteiger partial charge in [0.1, 0.15) is 0 Å². The zero-order valence-electron chi connectivity index (χ0n) is 11.7. The molecular formula is C12H26N2O2S. The van der Waals surface area contributed by atoms with E-state index in [1.165, 1.54) is 0 Å². The summed E-state index contributed by atoms with van der Waals surface area (Å²) in [6, 6.07) is 0. The summed E-state index contributed by atoms with van der Waals surface area (Å²) in [7, 11) is -3.31. The van der Waals surface area contributed by atoms with Crippen molar-refractivity contribution in [3.8, 4) is 0 Å². The highest BCUT2D eigenvalue weighted by molar-refractivity contribution is 7.87. The second kappa shape index (κ2) is 5.24. The first-order chi connectivity index (χ1) is 7.62. The minimum Gasteiger partial charge on any atom is -0.197 e. The summed E-state index contributed by atoms with van der Waals surface area (Å²) >= 11 is 0. The Morgan fingerprint density at radius 2 is 1.65 bits per heavy atom. The molecule has 5 heteroatoms. The fourth-order valence-electron chi connectivity index (χ4n) is 2.23. The van der Waals surface area contributed by atoms with Crippen molar-refractivity contribution in [2.75, 3.05) is 13.1 Å². The van der Waals surface area contributed by atoms with E-state index in [1.807, 2.05) is 20.8 Å². The highest BCUT2D eigenvalue weighted by atomic mass is 32.2. The first-order valence-electron chi connectivity index (χ1n) is 6.41. The fourth-order valence-corrected chi connectivity index (χ4v) is 3.83. The Hall–Kier alpha value is -0.130. The van der Waals surface area contributed by atoms with E-state index in [2.05, 4.69) is 18.6 Å². The van der Waals surface area contributed by atoms with Gasteiger partial charge >= 0.3 is 0 Å². The molecule has 1 aliphatic rings. The smallest absolute Gasteiger partial charge is 0.197 e. The van der Waals surface area contributed by atoms with Crippen molar-refractivity contribution >= 4 is 10.2 Å². The number of nitrogens with one attached hydrogen (secondary N) is 1. The number of hydrogen-bond donors (Lipinski definition) is 1. The molecule has 1 aliphatic heterocycles. The van der Waals surface area contributed by atoms with Crippen LogP contribution in [0.25, 0.3) is 0 Å². The SMILES string of the molecule is CC(C)C1CCN(S(=O)(=O)NC(C)(C)C)CC1. The Morgan fingerprint density at radius 1 is 1.18 bits per heavy atom. The van der Waals surface area contributed by atoms with Gasteiger partial charge in [-0.3, -0.25) is 0 Å². The molecule has 0 aliphatic carbocycles. The molecule has 0 bridgehead atoms. The summed E-state index contributed by atoms with van der Waals surface area (Å²) in [5.41, 5.74) is -0.409. The van der Waals surface area contributed by atoms with Crippen molar-refractivity contribution in [1.82, 2.24) is 9.03 Å². The fraction of sp³-hybridized carbons (Fsp3) is 1.00. The van der Waals surface area contributed by atoms with Gasteiger partial charge in [0.25, 0.3) is 10.2 Å². The molecule has 102 valence electrons. The van der Waals surface area contributed by atoms with Crippen LogP contribution in [-0.2, 0) is 10.2 Å². The summed E-state index contributed by atoms with van der Waals surface area (Å²) < 4.78 is 28.5. The maximum atomic E-state index is 12.1. The van der Waals surface area contributed by atoms with E-state index in [0.717, 1.165) is 12.8 Å². The molecule has 1 heterocycles. The highest BCUT2D eigenvalue weighted by Gasteiger charge is 2.31. The standard InChI is InChI=1S/C12H26N2O2S/c1-10(2)11-6-8-14(9-7-11)17(15,16)13-12(3,4)5/h10-11,13H,6-9H2,1-5H3. The summed E-state index contributed by atoms with van der Waals surface area (Å²) in [6.07, 6.45) is 1.95. The molecule has 1 rings (SSSR count). The molecule has 0 aromatic carbocycles. The number of piperidine rings is 1. The first-order valence-corrected chi connectivity index (χ1v) is 7.85. The molecule has 0 aromatic heterocycles. The lowest BCUT2D eigenvalue weighted by Crippen LogP contribution is -2.51.